The van der Waals surface area contributed by atoms with Crippen LogP contribution in [0.3, 0.4) is 0 Å². The van der Waals surface area contributed by atoms with Gasteiger partial charge in [-0.15, -0.1) is 13.2 Å². The van der Waals surface area contributed by atoms with E-state index in [9.17, 15) is 18.0 Å². The van der Waals surface area contributed by atoms with Crippen molar-refractivity contribution in [1.82, 2.24) is 4.98 Å². The van der Waals surface area contributed by atoms with Gasteiger partial charge in [-0.2, -0.15) is 0 Å². The van der Waals surface area contributed by atoms with E-state index in [1.54, 1.807) is 0 Å². The number of carboxylic acids is 1. The predicted molar refractivity (Wildman–Crippen MR) is 61.3 cm³/mol. The summed E-state index contributed by atoms with van der Waals surface area (Å²) in [6.07, 6.45) is -3.84. The molecule has 0 amide bonds. The van der Waals surface area contributed by atoms with Crippen molar-refractivity contribution in [3.63, 3.8) is 0 Å². The minimum absolute atomic E-state index is 0. The molecule has 9 heteroatoms. The second kappa shape index (κ2) is 6.03. The number of halogens is 3. The van der Waals surface area contributed by atoms with Crippen LogP contribution >= 0.6 is 0 Å². The number of aromatic carboxylic acids is 1. The summed E-state index contributed by atoms with van der Waals surface area (Å²) < 4.78 is 45.3. The first-order chi connectivity index (χ1) is 8.87. The van der Waals surface area contributed by atoms with E-state index >= 15 is 0 Å². The van der Waals surface area contributed by atoms with Gasteiger partial charge in [-0.3, -0.25) is 0 Å². The third-order valence-electron chi connectivity index (χ3n) is 2.07. The molecule has 2 rings (SSSR count). The van der Waals surface area contributed by atoms with Gasteiger partial charge < -0.3 is 14.3 Å². The summed E-state index contributed by atoms with van der Waals surface area (Å²) in [6.45, 7) is 0. The van der Waals surface area contributed by atoms with Crippen LogP contribution in [0.25, 0.3) is 11.3 Å². The maximum atomic E-state index is 12.2. The van der Waals surface area contributed by atoms with E-state index in [4.69, 9.17) is 9.52 Å². The van der Waals surface area contributed by atoms with Gasteiger partial charge >= 0.3 is 18.2 Å². The van der Waals surface area contributed by atoms with Crippen molar-refractivity contribution in [2.24, 2.45) is 0 Å². The number of nitrogens with zero attached hydrogens (tertiary/aromatic N) is 1. The Balaban J connectivity index is 0.00000200. The number of aromatic nitrogens is 1. The Morgan fingerprint density at radius 2 is 1.95 bits per heavy atom. The normalized spacial score (nSPS) is 10.8. The standard InChI is InChI=1S/C11H6F3NO4.Li/c12-11(13,14)19-7-4-2-1-3-6(7)8-5-15-9(18-8)10(16)17;/h1-5H,(H,16,17);. The summed E-state index contributed by atoms with van der Waals surface area (Å²) in [5, 5.41) is 8.63. The zero-order chi connectivity index (χ0) is 14.0. The van der Waals surface area contributed by atoms with E-state index in [0.29, 0.717) is 0 Å². The first-order valence-electron chi connectivity index (χ1n) is 4.91. The Bertz CT molecular complexity index is 612. The minimum Gasteiger partial charge on any atom is -0.474 e. The number of benzene rings is 1. The molecule has 0 aliphatic heterocycles. The molecular formula is C11H6F3LiNO4. The Kier molecular flexibility index (Phi) is 4.86. The Morgan fingerprint density at radius 3 is 2.50 bits per heavy atom. The second-order valence-corrected chi connectivity index (χ2v) is 3.38. The molecule has 0 atom stereocenters. The van der Waals surface area contributed by atoms with Crippen molar-refractivity contribution in [3.05, 3.63) is 36.4 Å². The van der Waals surface area contributed by atoms with Crippen molar-refractivity contribution < 1.29 is 32.2 Å². The number of para-hydroxylation sites is 1. The van der Waals surface area contributed by atoms with Crippen molar-refractivity contribution in [3.8, 4) is 17.1 Å². The average Bonchev–Trinajstić information content (AvgIpc) is 2.76. The van der Waals surface area contributed by atoms with Gasteiger partial charge in [0.25, 0.3) is 0 Å². The summed E-state index contributed by atoms with van der Waals surface area (Å²) in [7, 11) is 0. The fourth-order valence-electron chi connectivity index (χ4n) is 1.38. The number of carbonyl (C=O) groups is 1. The smallest absolute Gasteiger partial charge is 0.474 e. The van der Waals surface area contributed by atoms with Crippen molar-refractivity contribution in [1.29, 1.82) is 0 Å². The van der Waals surface area contributed by atoms with Gasteiger partial charge in [-0.1, -0.05) is 12.1 Å². The molecule has 0 bridgehead atoms. The molecule has 0 spiro atoms. The molecule has 0 unspecified atom stereocenters. The molecule has 1 heterocycles. The predicted octanol–water partition coefficient (Wildman–Crippen LogP) is 2.56. The fraction of sp³-hybridized carbons (Fsp3) is 0.0909. The molecule has 0 aliphatic rings. The zero-order valence-corrected chi connectivity index (χ0v) is 10.1. The average molecular weight is 280 g/mol. The minimum atomic E-state index is -4.86. The summed E-state index contributed by atoms with van der Waals surface area (Å²) in [4.78, 5) is 14.0. The third-order valence-corrected chi connectivity index (χ3v) is 2.07. The van der Waals surface area contributed by atoms with Crippen LogP contribution in [-0.2, 0) is 0 Å². The summed E-state index contributed by atoms with van der Waals surface area (Å²) >= 11 is 0. The van der Waals surface area contributed by atoms with Gasteiger partial charge in [0.05, 0.1) is 11.8 Å². The number of carboxylic acid groups (broad SMARTS) is 1. The molecular weight excluding hydrogens is 274 g/mol. The topological polar surface area (TPSA) is 72.6 Å². The number of rotatable bonds is 3. The van der Waals surface area contributed by atoms with Crippen LogP contribution in [0.1, 0.15) is 10.7 Å². The van der Waals surface area contributed by atoms with E-state index in [2.05, 4.69) is 9.72 Å². The maximum Gasteiger partial charge on any atom is 0.573 e. The van der Waals surface area contributed by atoms with Gasteiger partial charge in [-0.05, 0) is 12.1 Å². The summed E-state index contributed by atoms with van der Waals surface area (Å²) in [5.74, 6) is -2.65. The number of ether oxygens (including phenoxy) is 1. The molecule has 5 nitrogen and oxygen atoms in total. The van der Waals surface area contributed by atoms with Gasteiger partial charge in [0.2, 0.25) is 0 Å². The molecule has 1 aromatic carbocycles. The Morgan fingerprint density at radius 1 is 1.30 bits per heavy atom. The third kappa shape index (κ3) is 3.79. The van der Waals surface area contributed by atoms with E-state index < -0.39 is 24.0 Å². The van der Waals surface area contributed by atoms with E-state index in [-0.39, 0.29) is 30.2 Å². The van der Waals surface area contributed by atoms with Crippen LogP contribution in [0.5, 0.6) is 5.75 Å². The van der Waals surface area contributed by atoms with Gasteiger partial charge in [-0.25, -0.2) is 9.78 Å². The number of hydrogen-bond donors (Lipinski definition) is 1. The molecule has 2 aromatic rings. The fourth-order valence-corrected chi connectivity index (χ4v) is 1.38. The van der Waals surface area contributed by atoms with Crippen LogP contribution < -0.4 is 4.74 Å². The van der Waals surface area contributed by atoms with Crippen LogP contribution in [0.15, 0.2) is 34.9 Å². The van der Waals surface area contributed by atoms with E-state index in [0.717, 1.165) is 12.3 Å². The van der Waals surface area contributed by atoms with Crippen LogP contribution in [0.4, 0.5) is 13.2 Å². The molecule has 20 heavy (non-hydrogen) atoms. The monoisotopic (exact) mass is 280 g/mol. The first-order valence-corrected chi connectivity index (χ1v) is 4.91. The molecule has 1 radical (unpaired) electrons. The molecule has 0 fully saturated rings. The molecule has 1 N–H and O–H groups in total. The van der Waals surface area contributed by atoms with Crippen LogP contribution in [0, 0.1) is 0 Å². The number of hydrogen-bond acceptors (Lipinski definition) is 4. The Hall–Kier alpha value is -1.91. The van der Waals surface area contributed by atoms with Crippen molar-refractivity contribution >= 4 is 24.8 Å². The molecule has 0 saturated carbocycles. The number of oxazole rings is 1. The van der Waals surface area contributed by atoms with Gasteiger partial charge in [0, 0.05) is 18.9 Å². The SMILES string of the molecule is O=C(O)c1ncc(-c2ccccc2OC(F)(F)F)o1.[Li]. The Labute approximate surface area is 122 Å². The summed E-state index contributed by atoms with van der Waals surface area (Å²) in [6, 6.07) is 5.19. The van der Waals surface area contributed by atoms with Crippen molar-refractivity contribution in [2.75, 3.05) is 0 Å². The molecule has 1 aromatic heterocycles. The molecule has 0 saturated heterocycles. The van der Waals surface area contributed by atoms with E-state index in [1.165, 1.54) is 18.2 Å². The van der Waals surface area contributed by atoms with E-state index in [1.807, 2.05) is 0 Å². The van der Waals surface area contributed by atoms with Crippen LogP contribution in [-0.4, -0.2) is 41.3 Å². The maximum absolute atomic E-state index is 12.2. The van der Waals surface area contributed by atoms with Crippen molar-refractivity contribution in [2.45, 2.75) is 6.36 Å². The quantitative estimate of drug-likeness (QED) is 0.875. The molecule has 0 aliphatic carbocycles. The van der Waals surface area contributed by atoms with Crippen LogP contribution in [0.2, 0.25) is 0 Å². The zero-order valence-electron chi connectivity index (χ0n) is 10.1. The molecule has 101 valence electrons. The first kappa shape index (κ1) is 16.1. The number of alkyl halides is 3. The largest absolute Gasteiger partial charge is 0.573 e. The van der Waals surface area contributed by atoms with Gasteiger partial charge in [0.15, 0.2) is 5.76 Å². The van der Waals surface area contributed by atoms with Gasteiger partial charge in [0.1, 0.15) is 5.75 Å². The second-order valence-electron chi connectivity index (χ2n) is 3.38. The summed E-state index contributed by atoms with van der Waals surface area (Å²) in [5.41, 5.74) is -0.0418.